The maximum atomic E-state index is 11.1. The van der Waals surface area contributed by atoms with Gasteiger partial charge in [0.15, 0.2) is 0 Å². The summed E-state index contributed by atoms with van der Waals surface area (Å²) in [6.07, 6.45) is 0. The van der Waals surface area contributed by atoms with Gasteiger partial charge in [-0.25, -0.2) is 5.48 Å². The summed E-state index contributed by atoms with van der Waals surface area (Å²) in [5.74, 6) is 0.129. The van der Waals surface area contributed by atoms with Crippen LogP contribution in [0.1, 0.15) is 5.56 Å². The highest BCUT2D eigenvalue weighted by Gasteiger charge is 2.25. The van der Waals surface area contributed by atoms with E-state index in [2.05, 4.69) is 4.99 Å². The highest BCUT2D eigenvalue weighted by atomic mass is 32.2. The number of aliphatic imine (C=N–C) groups is 1. The van der Waals surface area contributed by atoms with Gasteiger partial charge in [-0.15, -0.1) is 11.8 Å². The average Bonchev–Trinajstić information content (AvgIpc) is 2.78. The van der Waals surface area contributed by atoms with Crippen molar-refractivity contribution in [1.29, 1.82) is 0 Å². The quantitative estimate of drug-likeness (QED) is 0.581. The molecule has 1 atom stereocenters. The van der Waals surface area contributed by atoms with Gasteiger partial charge >= 0.3 is 0 Å². The van der Waals surface area contributed by atoms with Crippen molar-refractivity contribution in [3.63, 3.8) is 0 Å². The van der Waals surface area contributed by atoms with Crippen LogP contribution < -0.4 is 5.48 Å². The Bertz CT molecular complexity index is 392. The molecule has 0 spiro atoms. The van der Waals surface area contributed by atoms with Crippen LogP contribution in [0.15, 0.2) is 35.3 Å². The molecule has 1 aromatic carbocycles. The van der Waals surface area contributed by atoms with Crippen LogP contribution >= 0.6 is 11.8 Å². The summed E-state index contributed by atoms with van der Waals surface area (Å²) in [6.45, 7) is 0. The Labute approximate surface area is 91.4 Å². The van der Waals surface area contributed by atoms with Crippen molar-refractivity contribution in [3.8, 4) is 0 Å². The number of carbonyl (C=O) groups is 1. The van der Waals surface area contributed by atoms with Crippen molar-refractivity contribution >= 4 is 22.7 Å². The normalized spacial score (nSPS) is 19.8. The molecule has 15 heavy (non-hydrogen) atoms. The van der Waals surface area contributed by atoms with Crippen molar-refractivity contribution in [2.24, 2.45) is 4.99 Å². The molecule has 2 N–H and O–H groups in total. The highest BCUT2D eigenvalue weighted by Crippen LogP contribution is 2.23. The largest absolute Gasteiger partial charge is 0.289 e. The third-order valence-electron chi connectivity index (χ3n) is 2.08. The maximum absolute atomic E-state index is 11.1. The first-order chi connectivity index (χ1) is 7.31. The fraction of sp³-hybridized carbons (Fsp3) is 0.200. The van der Waals surface area contributed by atoms with Gasteiger partial charge in [-0.1, -0.05) is 30.3 Å². The second-order valence-corrected chi connectivity index (χ2v) is 4.11. The molecule has 0 unspecified atom stereocenters. The van der Waals surface area contributed by atoms with Crippen LogP contribution in [0, 0.1) is 0 Å². The number of nitrogens with zero attached hydrogens (tertiary/aromatic N) is 1. The lowest BCUT2D eigenvalue weighted by Crippen LogP contribution is -2.31. The van der Waals surface area contributed by atoms with Gasteiger partial charge in [0.05, 0.1) is 5.04 Å². The summed E-state index contributed by atoms with van der Waals surface area (Å²) in [6, 6.07) is 9.21. The topological polar surface area (TPSA) is 61.7 Å². The molecule has 0 aromatic heterocycles. The molecule has 1 amide bonds. The van der Waals surface area contributed by atoms with Gasteiger partial charge in [-0.3, -0.25) is 15.0 Å². The van der Waals surface area contributed by atoms with Gasteiger partial charge in [0, 0.05) is 11.3 Å². The van der Waals surface area contributed by atoms with Gasteiger partial charge in [0.2, 0.25) is 0 Å². The van der Waals surface area contributed by atoms with E-state index in [0.29, 0.717) is 5.75 Å². The Morgan fingerprint density at radius 2 is 2.20 bits per heavy atom. The van der Waals surface area contributed by atoms with Crippen molar-refractivity contribution in [3.05, 3.63) is 35.9 Å². The van der Waals surface area contributed by atoms with E-state index >= 15 is 0 Å². The SMILES string of the molecule is O=C(NO)[C@H]1CSC(c2ccccc2)=N1. The first-order valence-corrected chi connectivity index (χ1v) is 5.50. The molecule has 0 saturated heterocycles. The predicted molar refractivity (Wildman–Crippen MR) is 59.2 cm³/mol. The Morgan fingerprint density at radius 3 is 2.87 bits per heavy atom. The van der Waals surface area contributed by atoms with Crippen molar-refractivity contribution in [2.75, 3.05) is 5.75 Å². The fourth-order valence-corrected chi connectivity index (χ4v) is 2.37. The predicted octanol–water partition coefficient (Wildman–Crippen LogP) is 1.05. The summed E-state index contributed by atoms with van der Waals surface area (Å²) in [7, 11) is 0. The van der Waals surface area contributed by atoms with E-state index in [1.54, 1.807) is 5.48 Å². The van der Waals surface area contributed by atoms with E-state index in [1.165, 1.54) is 11.8 Å². The first-order valence-electron chi connectivity index (χ1n) is 4.51. The Balaban J connectivity index is 2.17. The molecule has 0 saturated carbocycles. The number of benzene rings is 1. The van der Waals surface area contributed by atoms with Crippen molar-refractivity contribution < 1.29 is 10.0 Å². The number of amides is 1. The average molecular weight is 222 g/mol. The lowest BCUT2D eigenvalue weighted by atomic mass is 10.2. The molecule has 4 nitrogen and oxygen atoms in total. The van der Waals surface area contributed by atoms with E-state index in [9.17, 15) is 4.79 Å². The lowest BCUT2D eigenvalue weighted by molar-refractivity contribution is -0.129. The monoisotopic (exact) mass is 222 g/mol. The maximum Gasteiger partial charge on any atom is 0.269 e. The first kappa shape index (κ1) is 10.2. The molecule has 0 aliphatic carbocycles. The van der Waals surface area contributed by atoms with E-state index in [-0.39, 0.29) is 0 Å². The second kappa shape index (κ2) is 4.46. The standard InChI is InChI=1S/C10H10N2O2S/c13-9(12-14)8-6-15-10(11-8)7-4-2-1-3-5-7/h1-5,8,14H,6H2,(H,12,13)/t8-/m1/s1. The smallest absolute Gasteiger partial charge is 0.269 e. The van der Waals surface area contributed by atoms with Crippen LogP contribution in [0.4, 0.5) is 0 Å². The van der Waals surface area contributed by atoms with Crippen LogP contribution in [0.2, 0.25) is 0 Å². The molecule has 0 fully saturated rings. The fourth-order valence-electron chi connectivity index (χ4n) is 1.32. The Kier molecular flexibility index (Phi) is 3.03. The lowest BCUT2D eigenvalue weighted by Gasteiger charge is -2.00. The van der Waals surface area contributed by atoms with Crippen LogP contribution in [-0.4, -0.2) is 28.0 Å². The number of hydroxylamine groups is 1. The van der Waals surface area contributed by atoms with Crippen LogP contribution in [0.5, 0.6) is 0 Å². The molecule has 1 aromatic rings. The van der Waals surface area contributed by atoms with Gasteiger partial charge in [0.1, 0.15) is 6.04 Å². The molecule has 2 rings (SSSR count). The van der Waals surface area contributed by atoms with E-state index in [1.807, 2.05) is 30.3 Å². The molecule has 1 aliphatic heterocycles. The number of nitrogens with one attached hydrogen (secondary N) is 1. The minimum Gasteiger partial charge on any atom is -0.289 e. The Morgan fingerprint density at radius 1 is 1.47 bits per heavy atom. The number of hydrogen-bond acceptors (Lipinski definition) is 4. The zero-order valence-corrected chi connectivity index (χ0v) is 8.70. The zero-order chi connectivity index (χ0) is 10.7. The van der Waals surface area contributed by atoms with Crippen LogP contribution in [0.3, 0.4) is 0 Å². The molecule has 0 bridgehead atoms. The molecular formula is C10H10N2O2S. The number of carbonyl (C=O) groups excluding carboxylic acids is 1. The van der Waals surface area contributed by atoms with Gasteiger partial charge in [-0.2, -0.15) is 0 Å². The second-order valence-electron chi connectivity index (χ2n) is 3.10. The summed E-state index contributed by atoms with van der Waals surface area (Å²) >= 11 is 1.53. The summed E-state index contributed by atoms with van der Waals surface area (Å²) in [5.41, 5.74) is 2.63. The zero-order valence-electron chi connectivity index (χ0n) is 7.88. The third kappa shape index (κ3) is 2.19. The van der Waals surface area contributed by atoms with Gasteiger partial charge < -0.3 is 0 Å². The molecule has 1 aliphatic rings. The number of hydrogen-bond donors (Lipinski definition) is 2. The number of thioether (sulfide) groups is 1. The van der Waals surface area contributed by atoms with Crippen LogP contribution in [0.25, 0.3) is 0 Å². The molecule has 0 radical (unpaired) electrons. The molecule has 78 valence electrons. The minimum absolute atomic E-state index is 0.451. The van der Waals surface area contributed by atoms with E-state index in [0.717, 1.165) is 10.6 Å². The third-order valence-corrected chi connectivity index (χ3v) is 3.18. The van der Waals surface area contributed by atoms with E-state index < -0.39 is 11.9 Å². The summed E-state index contributed by atoms with van der Waals surface area (Å²) in [5, 5.41) is 9.33. The van der Waals surface area contributed by atoms with Crippen molar-refractivity contribution in [2.45, 2.75) is 6.04 Å². The number of rotatable bonds is 2. The molecule has 1 heterocycles. The van der Waals surface area contributed by atoms with Crippen molar-refractivity contribution in [1.82, 2.24) is 5.48 Å². The molecular weight excluding hydrogens is 212 g/mol. The summed E-state index contributed by atoms with van der Waals surface area (Å²) < 4.78 is 0. The van der Waals surface area contributed by atoms with Gasteiger partial charge in [-0.05, 0) is 0 Å². The molecule has 5 heteroatoms. The summed E-state index contributed by atoms with van der Waals surface area (Å²) in [4.78, 5) is 15.3. The minimum atomic E-state index is -0.477. The Hall–Kier alpha value is -1.33. The van der Waals surface area contributed by atoms with Crippen LogP contribution in [-0.2, 0) is 4.79 Å². The van der Waals surface area contributed by atoms with Gasteiger partial charge in [0.25, 0.3) is 5.91 Å². The highest BCUT2D eigenvalue weighted by molar-refractivity contribution is 8.14. The van der Waals surface area contributed by atoms with E-state index in [4.69, 9.17) is 5.21 Å².